The van der Waals surface area contributed by atoms with E-state index in [1.165, 1.54) is 29.8 Å². The first-order chi connectivity index (χ1) is 9.32. The van der Waals surface area contributed by atoms with Crippen LogP contribution in [0.2, 0.25) is 0 Å². The van der Waals surface area contributed by atoms with Crippen molar-refractivity contribution < 1.29 is 18.3 Å². The van der Waals surface area contributed by atoms with Crippen molar-refractivity contribution in [1.29, 1.82) is 0 Å². The molecule has 0 unspecified atom stereocenters. The number of carbonyl (C=O) groups is 1. The zero-order valence-corrected chi connectivity index (χ0v) is 13.2. The summed E-state index contributed by atoms with van der Waals surface area (Å²) >= 11 is 2.31. The first kappa shape index (κ1) is 15.1. The Morgan fingerprint density at radius 2 is 2.20 bits per heavy atom. The van der Waals surface area contributed by atoms with Crippen molar-refractivity contribution >= 4 is 38.7 Å². The maximum absolute atomic E-state index is 12.4. The molecule has 0 fully saturated rings. The number of carboxylic acids is 1. The fourth-order valence-electron chi connectivity index (χ4n) is 1.61. The van der Waals surface area contributed by atoms with Crippen LogP contribution < -0.4 is 0 Å². The van der Waals surface area contributed by atoms with Gasteiger partial charge in [0, 0.05) is 24.7 Å². The molecule has 0 radical (unpaired) electrons. The Labute approximate surface area is 124 Å². The fourth-order valence-corrected chi connectivity index (χ4v) is 4.92. The summed E-state index contributed by atoms with van der Waals surface area (Å²) in [6, 6.07) is 1.32. The average Bonchev–Trinajstić information content (AvgIpc) is 2.98. The van der Waals surface area contributed by atoms with E-state index in [9.17, 15) is 13.2 Å². The van der Waals surface area contributed by atoms with E-state index >= 15 is 0 Å². The van der Waals surface area contributed by atoms with Crippen LogP contribution in [0, 0.1) is 6.92 Å². The summed E-state index contributed by atoms with van der Waals surface area (Å²) in [6.45, 7) is 2.01. The molecule has 108 valence electrons. The number of thiophene rings is 1. The molecule has 0 aliphatic rings. The Hall–Kier alpha value is -1.29. The summed E-state index contributed by atoms with van der Waals surface area (Å²) in [4.78, 5) is 15.6. The summed E-state index contributed by atoms with van der Waals surface area (Å²) in [5.41, 5.74) is 0. The SMILES string of the molecule is Cc1ncc(CN(C)S(=O)(=O)c2ccsc2C(=O)O)s1. The Balaban J connectivity index is 2.30. The first-order valence-corrected chi connectivity index (χ1v) is 8.64. The van der Waals surface area contributed by atoms with E-state index in [1.54, 1.807) is 6.20 Å². The minimum atomic E-state index is -3.82. The van der Waals surface area contributed by atoms with Gasteiger partial charge in [-0.2, -0.15) is 4.31 Å². The van der Waals surface area contributed by atoms with Crippen LogP contribution >= 0.6 is 22.7 Å². The van der Waals surface area contributed by atoms with Crippen LogP contribution in [0.3, 0.4) is 0 Å². The van der Waals surface area contributed by atoms with Crippen LogP contribution in [0.1, 0.15) is 19.6 Å². The van der Waals surface area contributed by atoms with Gasteiger partial charge in [0.2, 0.25) is 10.0 Å². The van der Waals surface area contributed by atoms with Crippen molar-refractivity contribution in [3.63, 3.8) is 0 Å². The van der Waals surface area contributed by atoms with Gasteiger partial charge in [0.1, 0.15) is 9.77 Å². The Kier molecular flexibility index (Phi) is 4.23. The lowest BCUT2D eigenvalue weighted by Crippen LogP contribution is -2.27. The number of nitrogens with zero attached hydrogens (tertiary/aromatic N) is 2. The third-order valence-electron chi connectivity index (χ3n) is 2.56. The van der Waals surface area contributed by atoms with Gasteiger partial charge in [0.15, 0.2) is 0 Å². The molecule has 0 amide bonds. The van der Waals surface area contributed by atoms with E-state index in [1.807, 2.05) is 6.92 Å². The van der Waals surface area contributed by atoms with Crippen molar-refractivity contribution in [3.8, 4) is 0 Å². The predicted octanol–water partition coefficient (Wildman–Crippen LogP) is 2.03. The summed E-state index contributed by atoms with van der Waals surface area (Å²) in [6.07, 6.45) is 1.62. The topological polar surface area (TPSA) is 87.6 Å². The molecule has 0 bridgehead atoms. The van der Waals surface area contributed by atoms with E-state index in [4.69, 9.17) is 5.11 Å². The lowest BCUT2D eigenvalue weighted by atomic mass is 10.5. The number of hydrogen-bond donors (Lipinski definition) is 1. The second-order valence-corrected chi connectivity index (χ2v) is 8.27. The Morgan fingerprint density at radius 3 is 2.75 bits per heavy atom. The van der Waals surface area contributed by atoms with Crippen LogP contribution in [0.5, 0.6) is 0 Å². The van der Waals surface area contributed by atoms with Gasteiger partial charge in [-0.15, -0.1) is 22.7 Å². The minimum absolute atomic E-state index is 0.168. The summed E-state index contributed by atoms with van der Waals surface area (Å²) in [5, 5.41) is 11.3. The molecule has 0 aliphatic heterocycles. The lowest BCUT2D eigenvalue weighted by molar-refractivity contribution is 0.0698. The first-order valence-electron chi connectivity index (χ1n) is 5.51. The van der Waals surface area contributed by atoms with Crippen molar-refractivity contribution in [1.82, 2.24) is 9.29 Å². The standard InChI is InChI=1S/C11H12N2O4S3/c1-7-12-5-8(19-7)6-13(2)20(16,17)9-3-4-18-10(9)11(14)15/h3-5H,6H2,1-2H3,(H,14,15). The summed E-state index contributed by atoms with van der Waals surface area (Å²) in [5.74, 6) is -1.24. The molecule has 20 heavy (non-hydrogen) atoms. The molecule has 2 aromatic rings. The van der Waals surface area contributed by atoms with Crippen molar-refractivity contribution in [3.05, 3.63) is 32.4 Å². The van der Waals surface area contributed by atoms with Gasteiger partial charge in [0.05, 0.1) is 5.01 Å². The monoisotopic (exact) mass is 332 g/mol. The molecule has 0 aromatic carbocycles. The van der Waals surface area contributed by atoms with Gasteiger partial charge in [-0.3, -0.25) is 0 Å². The summed E-state index contributed by atoms with van der Waals surface area (Å²) < 4.78 is 25.9. The molecule has 0 spiro atoms. The molecule has 2 heterocycles. The molecular weight excluding hydrogens is 320 g/mol. The van der Waals surface area contributed by atoms with E-state index in [-0.39, 0.29) is 16.3 Å². The normalized spacial score (nSPS) is 11.9. The maximum atomic E-state index is 12.4. The van der Waals surface area contributed by atoms with Gasteiger partial charge < -0.3 is 5.11 Å². The molecule has 2 rings (SSSR count). The van der Waals surface area contributed by atoms with Crippen LogP contribution in [0.4, 0.5) is 0 Å². The number of hydrogen-bond acceptors (Lipinski definition) is 6. The maximum Gasteiger partial charge on any atom is 0.347 e. The largest absolute Gasteiger partial charge is 0.477 e. The van der Waals surface area contributed by atoms with E-state index in [0.717, 1.165) is 25.5 Å². The van der Waals surface area contributed by atoms with Gasteiger partial charge in [-0.1, -0.05) is 0 Å². The Morgan fingerprint density at radius 1 is 1.50 bits per heavy atom. The highest BCUT2D eigenvalue weighted by Gasteiger charge is 2.28. The highest BCUT2D eigenvalue weighted by atomic mass is 32.2. The molecule has 0 saturated carbocycles. The van der Waals surface area contributed by atoms with Crippen LogP contribution in [-0.2, 0) is 16.6 Å². The van der Waals surface area contributed by atoms with Crippen molar-refractivity contribution in [2.24, 2.45) is 0 Å². The van der Waals surface area contributed by atoms with E-state index < -0.39 is 16.0 Å². The number of thiazole rings is 1. The number of aryl methyl sites for hydroxylation is 1. The quantitative estimate of drug-likeness (QED) is 0.905. The zero-order chi connectivity index (χ0) is 14.9. The van der Waals surface area contributed by atoms with Crippen LogP contribution in [0.25, 0.3) is 0 Å². The van der Waals surface area contributed by atoms with Crippen LogP contribution in [0.15, 0.2) is 22.5 Å². The molecule has 0 atom stereocenters. The van der Waals surface area contributed by atoms with E-state index in [0.29, 0.717) is 0 Å². The number of carboxylic acid groups (broad SMARTS) is 1. The number of rotatable bonds is 5. The molecule has 2 aromatic heterocycles. The molecule has 6 nitrogen and oxygen atoms in total. The molecular formula is C11H12N2O4S3. The fraction of sp³-hybridized carbons (Fsp3) is 0.273. The predicted molar refractivity (Wildman–Crippen MR) is 76.8 cm³/mol. The third kappa shape index (κ3) is 2.90. The van der Waals surface area contributed by atoms with Gasteiger partial charge in [0.25, 0.3) is 0 Å². The van der Waals surface area contributed by atoms with Gasteiger partial charge in [-0.05, 0) is 18.4 Å². The molecule has 9 heteroatoms. The molecule has 0 saturated heterocycles. The molecule has 1 N–H and O–H groups in total. The smallest absolute Gasteiger partial charge is 0.347 e. The van der Waals surface area contributed by atoms with Crippen molar-refractivity contribution in [2.75, 3.05) is 7.05 Å². The van der Waals surface area contributed by atoms with Crippen LogP contribution in [-0.4, -0.2) is 35.8 Å². The number of aromatic nitrogens is 1. The second kappa shape index (κ2) is 5.60. The second-order valence-electron chi connectivity index (χ2n) is 4.03. The number of aromatic carboxylic acids is 1. The Bertz CT molecular complexity index is 732. The highest BCUT2D eigenvalue weighted by molar-refractivity contribution is 7.89. The lowest BCUT2D eigenvalue weighted by Gasteiger charge is -2.15. The van der Waals surface area contributed by atoms with Gasteiger partial charge >= 0.3 is 5.97 Å². The number of sulfonamides is 1. The van der Waals surface area contributed by atoms with Gasteiger partial charge in [-0.25, -0.2) is 18.2 Å². The average molecular weight is 332 g/mol. The van der Waals surface area contributed by atoms with Crippen molar-refractivity contribution in [2.45, 2.75) is 18.4 Å². The highest BCUT2D eigenvalue weighted by Crippen LogP contribution is 2.26. The third-order valence-corrected chi connectivity index (χ3v) is 6.33. The molecule has 0 aliphatic carbocycles. The zero-order valence-electron chi connectivity index (χ0n) is 10.7. The summed E-state index contributed by atoms with van der Waals surface area (Å²) in [7, 11) is -2.39. The minimum Gasteiger partial charge on any atom is -0.477 e. The van der Waals surface area contributed by atoms with E-state index in [2.05, 4.69) is 4.98 Å².